The maximum absolute atomic E-state index is 12.0. The van der Waals surface area contributed by atoms with E-state index in [4.69, 9.17) is 0 Å². The van der Waals surface area contributed by atoms with Gasteiger partial charge in [0, 0.05) is 36.1 Å². The van der Waals surface area contributed by atoms with E-state index in [9.17, 15) is 9.90 Å². The van der Waals surface area contributed by atoms with Crippen molar-refractivity contribution in [1.29, 1.82) is 0 Å². The molecule has 0 bridgehead atoms. The summed E-state index contributed by atoms with van der Waals surface area (Å²) in [6.07, 6.45) is 2.02. The molecule has 1 heterocycles. The van der Waals surface area contributed by atoms with Crippen LogP contribution in [0.4, 0.5) is 0 Å². The van der Waals surface area contributed by atoms with Gasteiger partial charge < -0.3 is 15.0 Å². The first kappa shape index (κ1) is 21.8. The molecule has 3 aromatic rings. The van der Waals surface area contributed by atoms with Gasteiger partial charge in [0.1, 0.15) is 0 Å². The van der Waals surface area contributed by atoms with Crippen LogP contribution in [0.15, 0.2) is 54.6 Å². The Morgan fingerprint density at radius 1 is 1.00 bits per heavy atom. The normalized spacial score (nSPS) is 12.1. The highest BCUT2D eigenvalue weighted by molar-refractivity contribution is 5.91. The fraction of sp³-hybridized carbons (Fsp3) is 0.346. The predicted molar refractivity (Wildman–Crippen MR) is 122 cm³/mol. The van der Waals surface area contributed by atoms with Crippen LogP contribution < -0.4 is 5.32 Å². The van der Waals surface area contributed by atoms with Crippen molar-refractivity contribution in [2.45, 2.75) is 59.7 Å². The number of hydrogen-bond acceptors (Lipinski definition) is 2. The minimum absolute atomic E-state index is 0.297. The third kappa shape index (κ3) is 5.00. The zero-order chi connectivity index (χ0) is 21.7. The molecule has 4 nitrogen and oxygen atoms in total. The molecule has 0 saturated heterocycles. The van der Waals surface area contributed by atoms with E-state index >= 15 is 0 Å². The Morgan fingerprint density at radius 3 is 2.33 bits per heavy atom. The van der Waals surface area contributed by atoms with Crippen LogP contribution in [0, 0.1) is 20.8 Å². The summed E-state index contributed by atoms with van der Waals surface area (Å²) in [4.78, 5) is 12.0. The van der Waals surface area contributed by atoms with E-state index in [0.717, 1.165) is 29.8 Å². The molecule has 0 aliphatic rings. The second-order valence-electron chi connectivity index (χ2n) is 8.15. The lowest BCUT2D eigenvalue weighted by Crippen LogP contribution is -2.27. The number of rotatable bonds is 9. The Labute approximate surface area is 179 Å². The highest BCUT2D eigenvalue weighted by Crippen LogP contribution is 2.25. The minimum atomic E-state index is -0.854. The SMILES string of the molecule is Cc1ccccc1Cn1c(C)c(CN[C@H](C)CCc2ccccc2)c(C(=O)O)c1C. The van der Waals surface area contributed by atoms with Crippen LogP contribution in [0.2, 0.25) is 0 Å². The zero-order valence-corrected chi connectivity index (χ0v) is 18.4. The molecule has 0 aliphatic heterocycles. The molecule has 2 N–H and O–H groups in total. The van der Waals surface area contributed by atoms with Gasteiger partial charge in [0.15, 0.2) is 0 Å². The summed E-state index contributed by atoms with van der Waals surface area (Å²) in [5.74, 6) is -0.854. The molecule has 1 atom stereocenters. The van der Waals surface area contributed by atoms with Gasteiger partial charge in [-0.1, -0.05) is 54.6 Å². The smallest absolute Gasteiger partial charge is 0.337 e. The highest BCUT2D eigenvalue weighted by Gasteiger charge is 2.23. The van der Waals surface area contributed by atoms with Gasteiger partial charge in [-0.2, -0.15) is 0 Å². The first-order valence-corrected chi connectivity index (χ1v) is 10.6. The van der Waals surface area contributed by atoms with Crippen LogP contribution in [0.3, 0.4) is 0 Å². The van der Waals surface area contributed by atoms with Crippen molar-refractivity contribution in [2.24, 2.45) is 0 Å². The number of aromatic nitrogens is 1. The number of carboxylic acid groups (broad SMARTS) is 1. The maximum atomic E-state index is 12.0. The summed E-state index contributed by atoms with van der Waals surface area (Å²) in [6.45, 7) is 9.45. The molecular weight excluding hydrogens is 372 g/mol. The number of hydrogen-bond donors (Lipinski definition) is 2. The lowest BCUT2D eigenvalue weighted by molar-refractivity contribution is 0.0694. The molecule has 0 fully saturated rings. The molecule has 0 radical (unpaired) electrons. The molecule has 0 spiro atoms. The fourth-order valence-electron chi connectivity index (χ4n) is 4.05. The Balaban J connectivity index is 1.75. The second kappa shape index (κ2) is 9.77. The van der Waals surface area contributed by atoms with Crippen LogP contribution in [-0.2, 0) is 19.5 Å². The van der Waals surface area contributed by atoms with Gasteiger partial charge in [0.2, 0.25) is 0 Å². The van der Waals surface area contributed by atoms with E-state index in [0.29, 0.717) is 24.7 Å². The van der Waals surface area contributed by atoms with E-state index in [1.54, 1.807) is 0 Å². The molecular formula is C26H32N2O2. The average Bonchev–Trinajstić information content (AvgIpc) is 2.97. The number of carbonyl (C=O) groups is 1. The number of aryl methyl sites for hydroxylation is 2. The molecule has 158 valence electrons. The number of carboxylic acids is 1. The van der Waals surface area contributed by atoms with Gasteiger partial charge in [-0.05, 0) is 57.2 Å². The lowest BCUT2D eigenvalue weighted by atomic mass is 10.1. The van der Waals surface area contributed by atoms with Crippen molar-refractivity contribution in [1.82, 2.24) is 9.88 Å². The van der Waals surface area contributed by atoms with Crippen molar-refractivity contribution in [2.75, 3.05) is 0 Å². The third-order valence-electron chi connectivity index (χ3n) is 6.05. The lowest BCUT2D eigenvalue weighted by Gasteiger charge is -2.15. The van der Waals surface area contributed by atoms with Crippen LogP contribution in [-0.4, -0.2) is 21.7 Å². The predicted octanol–water partition coefficient (Wildman–Crippen LogP) is 5.27. The van der Waals surface area contributed by atoms with Gasteiger partial charge in [-0.25, -0.2) is 4.79 Å². The van der Waals surface area contributed by atoms with Gasteiger partial charge in [-0.3, -0.25) is 0 Å². The fourth-order valence-corrected chi connectivity index (χ4v) is 4.05. The molecule has 0 saturated carbocycles. The van der Waals surface area contributed by atoms with E-state index in [1.807, 2.05) is 32.0 Å². The van der Waals surface area contributed by atoms with E-state index in [1.165, 1.54) is 16.7 Å². The van der Waals surface area contributed by atoms with E-state index in [2.05, 4.69) is 60.1 Å². The number of benzene rings is 2. The maximum Gasteiger partial charge on any atom is 0.337 e. The summed E-state index contributed by atoms with van der Waals surface area (Å²) < 4.78 is 2.14. The first-order chi connectivity index (χ1) is 14.4. The Kier molecular flexibility index (Phi) is 7.11. The summed E-state index contributed by atoms with van der Waals surface area (Å²) in [5, 5.41) is 13.4. The number of nitrogens with one attached hydrogen (secondary N) is 1. The van der Waals surface area contributed by atoms with E-state index < -0.39 is 5.97 Å². The Bertz CT molecular complexity index is 1010. The van der Waals surface area contributed by atoms with Crippen molar-refractivity contribution in [3.8, 4) is 0 Å². The summed E-state index contributed by atoms with van der Waals surface area (Å²) in [7, 11) is 0. The number of nitrogens with zero attached hydrogens (tertiary/aromatic N) is 1. The molecule has 0 unspecified atom stereocenters. The molecule has 4 heteroatoms. The van der Waals surface area contributed by atoms with Crippen molar-refractivity contribution >= 4 is 5.97 Å². The second-order valence-corrected chi connectivity index (χ2v) is 8.15. The quantitative estimate of drug-likeness (QED) is 0.511. The van der Waals surface area contributed by atoms with Crippen LogP contribution >= 0.6 is 0 Å². The molecule has 0 amide bonds. The first-order valence-electron chi connectivity index (χ1n) is 10.6. The standard InChI is InChI=1S/C26H32N2O2/c1-18-10-8-9-13-23(18)17-28-20(3)24(25(21(28)4)26(29)30)16-27-19(2)14-15-22-11-6-5-7-12-22/h5-13,19,27H,14-17H2,1-4H3,(H,29,30)/t19-/m1/s1. The average molecular weight is 405 g/mol. The van der Waals surface area contributed by atoms with Crippen LogP contribution in [0.5, 0.6) is 0 Å². The van der Waals surface area contributed by atoms with Crippen molar-refractivity contribution < 1.29 is 9.90 Å². The molecule has 0 aliphatic carbocycles. The molecule has 2 aromatic carbocycles. The van der Waals surface area contributed by atoms with Crippen molar-refractivity contribution in [3.05, 3.63) is 93.8 Å². The largest absolute Gasteiger partial charge is 0.478 e. The van der Waals surface area contributed by atoms with Gasteiger partial charge in [-0.15, -0.1) is 0 Å². The van der Waals surface area contributed by atoms with Gasteiger partial charge >= 0.3 is 5.97 Å². The number of aromatic carboxylic acids is 1. The molecule has 1 aromatic heterocycles. The van der Waals surface area contributed by atoms with Gasteiger partial charge in [0.25, 0.3) is 0 Å². The Hall–Kier alpha value is -2.85. The van der Waals surface area contributed by atoms with E-state index in [-0.39, 0.29) is 0 Å². The van der Waals surface area contributed by atoms with Crippen molar-refractivity contribution in [3.63, 3.8) is 0 Å². The Morgan fingerprint density at radius 2 is 1.67 bits per heavy atom. The molecule has 3 rings (SSSR count). The summed E-state index contributed by atoms with van der Waals surface area (Å²) in [6, 6.07) is 19.0. The third-order valence-corrected chi connectivity index (χ3v) is 6.05. The minimum Gasteiger partial charge on any atom is -0.478 e. The zero-order valence-electron chi connectivity index (χ0n) is 18.4. The molecule has 30 heavy (non-hydrogen) atoms. The topological polar surface area (TPSA) is 54.3 Å². The van der Waals surface area contributed by atoms with Crippen LogP contribution in [0.25, 0.3) is 0 Å². The summed E-state index contributed by atoms with van der Waals surface area (Å²) >= 11 is 0. The monoisotopic (exact) mass is 404 g/mol. The van der Waals surface area contributed by atoms with Gasteiger partial charge in [0.05, 0.1) is 5.56 Å². The summed E-state index contributed by atoms with van der Waals surface area (Å²) in [5.41, 5.74) is 6.92. The highest BCUT2D eigenvalue weighted by atomic mass is 16.4. The van der Waals surface area contributed by atoms with Crippen LogP contribution in [0.1, 0.15) is 57.3 Å².